The predicted molar refractivity (Wildman–Crippen MR) is 137 cm³/mol. The molecule has 3 N–H and O–H groups in total. The number of fused-ring (bicyclic) bond motifs is 1. The molecule has 1 fully saturated rings. The second-order valence-electron chi connectivity index (χ2n) is 8.67. The largest absolute Gasteiger partial charge is 0.379 e. The maximum atomic E-state index is 13.2. The second-order valence-corrected chi connectivity index (χ2v) is 8.67. The molecule has 0 saturated carbocycles. The number of nitrogens with zero attached hydrogens (tertiary/aromatic N) is 2. The van der Waals surface area contributed by atoms with Gasteiger partial charge >= 0.3 is 0 Å². The van der Waals surface area contributed by atoms with Gasteiger partial charge in [-0.15, -0.1) is 0 Å². The van der Waals surface area contributed by atoms with Gasteiger partial charge in [-0.3, -0.25) is 9.78 Å². The highest BCUT2D eigenvalue weighted by atomic mass is 16.2. The van der Waals surface area contributed by atoms with Crippen LogP contribution in [0.2, 0.25) is 0 Å². The lowest BCUT2D eigenvalue weighted by atomic mass is 9.95. The molecule has 2 aromatic carbocycles. The molecule has 0 bridgehead atoms. The van der Waals surface area contributed by atoms with E-state index in [2.05, 4.69) is 25.9 Å². The van der Waals surface area contributed by atoms with Crippen LogP contribution in [0.1, 0.15) is 28.9 Å². The van der Waals surface area contributed by atoms with E-state index >= 15 is 0 Å². The Bertz CT molecular complexity index is 1420. The van der Waals surface area contributed by atoms with E-state index in [-0.39, 0.29) is 23.7 Å². The zero-order valence-corrected chi connectivity index (χ0v) is 19.9. The highest BCUT2D eigenvalue weighted by Gasteiger charge is 2.27. The first-order valence-corrected chi connectivity index (χ1v) is 11.9. The number of hydrogen-bond donors (Lipinski definition) is 3. The molecule has 1 aliphatic heterocycles. The summed E-state index contributed by atoms with van der Waals surface area (Å²) < 4.78 is 0. The lowest BCUT2D eigenvalue weighted by Crippen LogP contribution is -2.45. The molecule has 2 unspecified atom stereocenters. The number of carbonyl (C=O) groups is 1. The maximum Gasteiger partial charge on any atom is 0.272 e. The van der Waals surface area contributed by atoms with Gasteiger partial charge in [0.25, 0.3) is 5.91 Å². The normalized spacial score (nSPS) is 15.9. The standard InChI is InChI=1S/C28H25N5O4/c34-13-11-21(15-20-10-12-29-26(20)17-35)31-27(18-36)24(14-19-6-2-1-3-7-19)33-28(37)25-16-30-22-8-4-5-9-23(22)32-25/h1-9,11,16,20-21,24,29,31H,10,12,14-15H2,(H,33,37)/t20-,21?,24?/m0/s1. The summed E-state index contributed by atoms with van der Waals surface area (Å²) in [5.74, 6) is 4.91. The summed E-state index contributed by atoms with van der Waals surface area (Å²) in [7, 11) is 0. The summed E-state index contributed by atoms with van der Waals surface area (Å²) in [6, 6.07) is 15.1. The number of benzene rings is 2. The smallest absolute Gasteiger partial charge is 0.272 e. The van der Waals surface area contributed by atoms with Crippen LogP contribution in [-0.4, -0.2) is 52.3 Å². The number of rotatable bonds is 10. The van der Waals surface area contributed by atoms with E-state index in [0.717, 1.165) is 5.56 Å². The number of nitrogens with one attached hydrogen (secondary N) is 3. The first-order chi connectivity index (χ1) is 18.1. The van der Waals surface area contributed by atoms with Crippen molar-refractivity contribution in [2.24, 2.45) is 5.92 Å². The van der Waals surface area contributed by atoms with Crippen LogP contribution in [0.4, 0.5) is 0 Å². The third-order valence-electron chi connectivity index (χ3n) is 6.20. The summed E-state index contributed by atoms with van der Waals surface area (Å²) in [4.78, 5) is 56.4. The van der Waals surface area contributed by atoms with Crippen LogP contribution in [0.15, 0.2) is 78.3 Å². The summed E-state index contributed by atoms with van der Waals surface area (Å²) in [5.41, 5.74) is 2.70. The Morgan fingerprint density at radius 1 is 1.05 bits per heavy atom. The average molecular weight is 496 g/mol. The van der Waals surface area contributed by atoms with Gasteiger partial charge in [-0.1, -0.05) is 42.5 Å². The topological polar surface area (TPSA) is 130 Å². The Morgan fingerprint density at radius 3 is 2.54 bits per heavy atom. The zero-order chi connectivity index (χ0) is 26.0. The van der Waals surface area contributed by atoms with Gasteiger partial charge in [0.1, 0.15) is 29.2 Å². The molecule has 1 aromatic heterocycles. The quantitative estimate of drug-likeness (QED) is 0.363. The zero-order valence-electron chi connectivity index (χ0n) is 19.9. The minimum absolute atomic E-state index is 0.0602. The lowest BCUT2D eigenvalue weighted by molar-refractivity contribution is 0.0936. The maximum absolute atomic E-state index is 13.2. The molecular weight excluding hydrogens is 470 g/mol. The predicted octanol–water partition coefficient (Wildman–Crippen LogP) is 1.75. The molecule has 2 heterocycles. The summed E-state index contributed by atoms with van der Waals surface area (Å²) >= 11 is 0. The number of amides is 1. The Morgan fingerprint density at radius 2 is 1.81 bits per heavy atom. The fourth-order valence-electron chi connectivity index (χ4n) is 4.36. The third-order valence-corrected chi connectivity index (χ3v) is 6.20. The molecule has 9 heteroatoms. The van der Waals surface area contributed by atoms with Gasteiger partial charge in [-0.25, -0.2) is 19.4 Å². The third kappa shape index (κ3) is 6.45. The number of carbonyl (C=O) groups excluding carboxylic acids is 4. The van der Waals surface area contributed by atoms with Gasteiger partial charge in [0.05, 0.1) is 35.0 Å². The molecule has 37 heavy (non-hydrogen) atoms. The van der Waals surface area contributed by atoms with Gasteiger partial charge in [-0.2, -0.15) is 0 Å². The highest BCUT2D eigenvalue weighted by Crippen LogP contribution is 2.23. The minimum Gasteiger partial charge on any atom is -0.379 e. The van der Waals surface area contributed by atoms with Crippen LogP contribution in [0.3, 0.4) is 0 Å². The van der Waals surface area contributed by atoms with Gasteiger partial charge in [0, 0.05) is 18.5 Å². The van der Waals surface area contributed by atoms with Crippen molar-refractivity contribution >= 4 is 34.8 Å². The van der Waals surface area contributed by atoms with Crippen molar-refractivity contribution in [3.8, 4) is 0 Å². The van der Waals surface area contributed by atoms with E-state index in [0.29, 0.717) is 36.1 Å². The van der Waals surface area contributed by atoms with E-state index in [1.54, 1.807) is 24.1 Å². The summed E-state index contributed by atoms with van der Waals surface area (Å²) in [5, 5.41) is 8.88. The Labute approximate surface area is 213 Å². The first kappa shape index (κ1) is 25.3. The van der Waals surface area contributed by atoms with Crippen LogP contribution in [0.5, 0.6) is 0 Å². The summed E-state index contributed by atoms with van der Waals surface area (Å²) in [6.07, 6.45) is 3.98. The molecule has 1 saturated heterocycles. The number of para-hydroxylation sites is 2. The molecule has 0 radical (unpaired) electrons. The molecule has 186 valence electrons. The first-order valence-electron chi connectivity index (χ1n) is 11.9. The van der Waals surface area contributed by atoms with Crippen LogP contribution in [-0.2, 0) is 20.8 Å². The van der Waals surface area contributed by atoms with Gasteiger partial charge < -0.3 is 16.0 Å². The number of allylic oxidation sites excluding steroid dienone is 1. The van der Waals surface area contributed by atoms with Gasteiger partial charge in [0.2, 0.25) is 0 Å². The molecular formula is C28H25N5O4. The molecule has 0 aliphatic carbocycles. The minimum atomic E-state index is -0.800. The SMILES string of the molecule is O=C=CC(C[C@@H]1CCNC1=C=O)NC(=C=O)C(Cc1ccccc1)NC(=O)c1cnc2ccccc2n1. The van der Waals surface area contributed by atoms with E-state index in [1.807, 2.05) is 48.3 Å². The van der Waals surface area contributed by atoms with Crippen molar-refractivity contribution in [1.82, 2.24) is 25.9 Å². The molecule has 9 nitrogen and oxygen atoms in total. The van der Waals surface area contributed by atoms with Crippen molar-refractivity contribution in [2.45, 2.75) is 31.3 Å². The fraction of sp³-hybridized carbons (Fsp3) is 0.250. The molecule has 1 amide bonds. The van der Waals surface area contributed by atoms with E-state index in [9.17, 15) is 19.2 Å². The van der Waals surface area contributed by atoms with Crippen molar-refractivity contribution < 1.29 is 19.2 Å². The number of aromatic nitrogens is 2. The van der Waals surface area contributed by atoms with Crippen molar-refractivity contribution in [1.29, 1.82) is 0 Å². The van der Waals surface area contributed by atoms with Crippen molar-refractivity contribution in [2.75, 3.05) is 6.54 Å². The molecule has 1 aliphatic rings. The number of hydrogen-bond acceptors (Lipinski definition) is 8. The van der Waals surface area contributed by atoms with Crippen molar-refractivity contribution in [3.63, 3.8) is 0 Å². The second kappa shape index (κ2) is 12.2. The van der Waals surface area contributed by atoms with Crippen molar-refractivity contribution in [3.05, 3.63) is 89.5 Å². The van der Waals surface area contributed by atoms with Crippen LogP contribution in [0, 0.1) is 5.92 Å². The van der Waals surface area contributed by atoms with E-state index < -0.39 is 18.0 Å². The molecule has 4 rings (SSSR count). The monoisotopic (exact) mass is 495 g/mol. The van der Waals surface area contributed by atoms with Crippen LogP contribution >= 0.6 is 0 Å². The van der Waals surface area contributed by atoms with Gasteiger partial charge in [-0.05, 0) is 37.0 Å². The van der Waals surface area contributed by atoms with E-state index in [1.165, 1.54) is 12.3 Å². The van der Waals surface area contributed by atoms with Crippen LogP contribution in [0.25, 0.3) is 11.0 Å². The van der Waals surface area contributed by atoms with E-state index in [4.69, 9.17) is 0 Å². The average Bonchev–Trinajstić information content (AvgIpc) is 3.38. The fourth-order valence-corrected chi connectivity index (χ4v) is 4.36. The van der Waals surface area contributed by atoms with Gasteiger partial charge in [0.15, 0.2) is 0 Å². The molecule has 0 spiro atoms. The lowest BCUT2D eigenvalue weighted by Gasteiger charge is -2.25. The highest BCUT2D eigenvalue weighted by molar-refractivity contribution is 5.94. The Hall–Kier alpha value is -4.80. The Kier molecular flexibility index (Phi) is 8.37. The molecule has 3 atom stereocenters. The summed E-state index contributed by atoms with van der Waals surface area (Å²) in [6.45, 7) is 0.628. The Balaban J connectivity index is 1.58. The molecule has 3 aromatic rings. The van der Waals surface area contributed by atoms with Crippen LogP contribution < -0.4 is 16.0 Å².